The summed E-state index contributed by atoms with van der Waals surface area (Å²) in [5, 5.41) is 5.06. The molecule has 0 unspecified atom stereocenters. The van der Waals surface area contributed by atoms with Crippen molar-refractivity contribution in [3.8, 4) is 0 Å². The maximum absolute atomic E-state index is 13.5. The number of carbonyl (C=O) groups excluding carboxylic acids is 8. The topological polar surface area (TPSA) is 201 Å². The fraction of sp³-hybridized carbons (Fsp3) is 0.297. The third-order valence-electron chi connectivity index (χ3n) is 7.47. The van der Waals surface area contributed by atoms with Gasteiger partial charge in [0.05, 0.1) is 41.0 Å². The lowest BCUT2D eigenvalue weighted by molar-refractivity contribution is -0.151. The van der Waals surface area contributed by atoms with E-state index >= 15 is 0 Å². The number of rotatable bonds is 15. The molecule has 15 heteroatoms. The predicted octanol–water partition coefficient (Wildman–Crippen LogP) is 4.03. The second-order valence-corrected chi connectivity index (χ2v) is 11.8. The lowest BCUT2D eigenvalue weighted by Crippen LogP contribution is -2.46. The number of carbonyl (C=O) groups is 8. The Kier molecular flexibility index (Phi) is 12.9. The fourth-order valence-corrected chi connectivity index (χ4v) is 5.07. The standard InChI is InChI=1S/C37H37N3O12/c1-5-49-34(45)22-7-12-25(13-8-22)38-30(41)19-51-36(47)24-11-16-27-28(18-24)33(44)40(32(27)43)29(17-21(3)4)37(48)52-20-31(42)39-26-14-9-23(10-15-26)35(46)50-6-2/h7-16,18,21,29H,5-6,17,19-20H2,1-4H3,(H,38,41)(H,39,42)/t29-/m1/s1. The first-order valence-electron chi connectivity index (χ1n) is 16.3. The van der Waals surface area contributed by atoms with E-state index in [2.05, 4.69) is 10.6 Å². The molecule has 272 valence electrons. The van der Waals surface area contributed by atoms with Crippen molar-refractivity contribution in [2.24, 2.45) is 5.92 Å². The van der Waals surface area contributed by atoms with Crippen molar-refractivity contribution in [2.75, 3.05) is 37.1 Å². The Hall–Kier alpha value is -6.38. The van der Waals surface area contributed by atoms with E-state index in [1.54, 1.807) is 27.7 Å². The minimum absolute atomic E-state index is 0.0246. The van der Waals surface area contributed by atoms with Gasteiger partial charge in [-0.25, -0.2) is 19.2 Å². The van der Waals surface area contributed by atoms with Crippen LogP contribution in [0.1, 0.15) is 85.9 Å². The van der Waals surface area contributed by atoms with Gasteiger partial charge in [0.2, 0.25) is 0 Å². The van der Waals surface area contributed by atoms with Crippen LogP contribution in [-0.2, 0) is 33.3 Å². The summed E-state index contributed by atoms with van der Waals surface area (Å²) in [4.78, 5) is 102. The third kappa shape index (κ3) is 9.65. The number of hydrogen-bond acceptors (Lipinski definition) is 12. The summed E-state index contributed by atoms with van der Waals surface area (Å²) in [5.41, 5.74) is 0.906. The normalized spacial score (nSPS) is 12.4. The van der Waals surface area contributed by atoms with Gasteiger partial charge in [-0.2, -0.15) is 0 Å². The first-order chi connectivity index (χ1) is 24.8. The summed E-state index contributed by atoms with van der Waals surface area (Å²) in [6.45, 7) is 5.92. The first kappa shape index (κ1) is 38.4. The summed E-state index contributed by atoms with van der Waals surface area (Å²) >= 11 is 0. The van der Waals surface area contributed by atoms with Crippen molar-refractivity contribution in [2.45, 2.75) is 40.2 Å². The van der Waals surface area contributed by atoms with Gasteiger partial charge in [-0.05, 0) is 92.9 Å². The second kappa shape index (κ2) is 17.5. The zero-order valence-corrected chi connectivity index (χ0v) is 28.9. The minimum Gasteiger partial charge on any atom is -0.462 e. The van der Waals surface area contributed by atoms with Crippen molar-refractivity contribution >= 4 is 58.9 Å². The molecule has 3 aromatic carbocycles. The summed E-state index contributed by atoms with van der Waals surface area (Å²) in [6, 6.07) is 14.0. The highest BCUT2D eigenvalue weighted by molar-refractivity contribution is 6.23. The molecule has 15 nitrogen and oxygen atoms in total. The largest absolute Gasteiger partial charge is 0.462 e. The van der Waals surface area contributed by atoms with Gasteiger partial charge in [0, 0.05) is 11.4 Å². The Labute approximate surface area is 298 Å². The van der Waals surface area contributed by atoms with E-state index in [0.717, 1.165) is 11.0 Å². The van der Waals surface area contributed by atoms with Gasteiger partial charge in [-0.15, -0.1) is 0 Å². The van der Waals surface area contributed by atoms with E-state index in [1.165, 1.54) is 60.7 Å². The Morgan fingerprint density at radius 2 is 1.04 bits per heavy atom. The lowest BCUT2D eigenvalue weighted by Gasteiger charge is -2.25. The Balaban J connectivity index is 1.36. The number of anilines is 2. The predicted molar refractivity (Wildman–Crippen MR) is 183 cm³/mol. The number of nitrogens with one attached hydrogen (secondary N) is 2. The molecule has 1 atom stereocenters. The van der Waals surface area contributed by atoms with Crippen LogP contribution >= 0.6 is 0 Å². The van der Waals surface area contributed by atoms with E-state index in [-0.39, 0.29) is 47.8 Å². The molecule has 0 fully saturated rings. The zero-order chi connectivity index (χ0) is 37.9. The van der Waals surface area contributed by atoms with Crippen LogP contribution in [0.5, 0.6) is 0 Å². The number of nitrogens with zero attached hydrogens (tertiary/aromatic N) is 1. The number of amides is 4. The molecular formula is C37H37N3O12. The van der Waals surface area contributed by atoms with Crippen molar-refractivity contribution in [3.05, 3.63) is 94.5 Å². The first-order valence-corrected chi connectivity index (χ1v) is 16.3. The van der Waals surface area contributed by atoms with Crippen LogP contribution in [0.3, 0.4) is 0 Å². The molecule has 1 aliphatic heterocycles. The second-order valence-electron chi connectivity index (χ2n) is 11.8. The van der Waals surface area contributed by atoms with E-state index in [9.17, 15) is 38.4 Å². The number of imide groups is 1. The van der Waals surface area contributed by atoms with Crippen molar-refractivity contribution < 1.29 is 57.3 Å². The monoisotopic (exact) mass is 715 g/mol. The summed E-state index contributed by atoms with van der Waals surface area (Å²) in [6.07, 6.45) is 0.0246. The Morgan fingerprint density at radius 3 is 1.52 bits per heavy atom. The molecule has 52 heavy (non-hydrogen) atoms. The molecule has 4 rings (SSSR count). The molecule has 0 bridgehead atoms. The van der Waals surface area contributed by atoms with Gasteiger partial charge in [0.25, 0.3) is 23.6 Å². The van der Waals surface area contributed by atoms with E-state index in [0.29, 0.717) is 16.9 Å². The molecular weight excluding hydrogens is 678 g/mol. The molecule has 1 heterocycles. The molecule has 0 saturated heterocycles. The third-order valence-corrected chi connectivity index (χ3v) is 7.47. The van der Waals surface area contributed by atoms with Crippen molar-refractivity contribution in [3.63, 3.8) is 0 Å². The highest BCUT2D eigenvalue weighted by Gasteiger charge is 2.44. The summed E-state index contributed by atoms with van der Waals surface area (Å²) in [5.74, 6) is -6.17. The van der Waals surface area contributed by atoms with E-state index in [4.69, 9.17) is 18.9 Å². The molecule has 0 aliphatic carbocycles. The van der Waals surface area contributed by atoms with Crippen LogP contribution in [0.2, 0.25) is 0 Å². The maximum atomic E-state index is 13.5. The number of esters is 4. The van der Waals surface area contributed by atoms with E-state index < -0.39 is 66.8 Å². The molecule has 0 radical (unpaired) electrons. The summed E-state index contributed by atoms with van der Waals surface area (Å²) < 4.78 is 20.2. The number of hydrogen-bond donors (Lipinski definition) is 2. The van der Waals surface area contributed by atoms with Crippen LogP contribution in [0.15, 0.2) is 66.7 Å². The highest BCUT2D eigenvalue weighted by atomic mass is 16.5. The molecule has 3 aromatic rings. The van der Waals surface area contributed by atoms with Crippen LogP contribution in [-0.4, -0.2) is 84.9 Å². The van der Waals surface area contributed by atoms with E-state index in [1.807, 2.05) is 0 Å². The smallest absolute Gasteiger partial charge is 0.338 e. The average molecular weight is 716 g/mol. The van der Waals surface area contributed by atoms with Crippen LogP contribution in [0, 0.1) is 5.92 Å². The Morgan fingerprint density at radius 1 is 0.596 bits per heavy atom. The quantitative estimate of drug-likeness (QED) is 0.130. The highest BCUT2D eigenvalue weighted by Crippen LogP contribution is 2.29. The van der Waals surface area contributed by atoms with Crippen LogP contribution in [0.25, 0.3) is 0 Å². The van der Waals surface area contributed by atoms with Gasteiger partial charge in [-0.1, -0.05) is 13.8 Å². The summed E-state index contributed by atoms with van der Waals surface area (Å²) in [7, 11) is 0. The van der Waals surface area contributed by atoms with Crippen molar-refractivity contribution in [1.29, 1.82) is 0 Å². The van der Waals surface area contributed by atoms with Gasteiger partial charge < -0.3 is 29.6 Å². The molecule has 0 saturated carbocycles. The molecule has 4 amide bonds. The number of benzene rings is 3. The molecule has 0 aromatic heterocycles. The zero-order valence-electron chi connectivity index (χ0n) is 28.9. The number of ether oxygens (including phenoxy) is 4. The lowest BCUT2D eigenvalue weighted by atomic mass is 10.0. The average Bonchev–Trinajstić information content (AvgIpc) is 3.37. The maximum Gasteiger partial charge on any atom is 0.338 e. The minimum atomic E-state index is -1.38. The van der Waals surface area contributed by atoms with Crippen molar-refractivity contribution in [1.82, 2.24) is 4.90 Å². The Bertz CT molecular complexity index is 1870. The fourth-order valence-electron chi connectivity index (χ4n) is 5.07. The van der Waals surface area contributed by atoms with Gasteiger partial charge >= 0.3 is 23.9 Å². The molecule has 0 spiro atoms. The SMILES string of the molecule is CCOC(=O)c1ccc(NC(=O)COC(=O)c2ccc3c(c2)C(=O)N([C@H](CC(C)C)C(=O)OCC(=O)Nc2ccc(C(=O)OCC)cc2)C3=O)cc1. The van der Waals surface area contributed by atoms with Gasteiger partial charge in [0.15, 0.2) is 13.2 Å². The molecule has 2 N–H and O–H groups in total. The molecule has 1 aliphatic rings. The van der Waals surface area contributed by atoms with Crippen LogP contribution in [0.4, 0.5) is 11.4 Å². The van der Waals surface area contributed by atoms with Gasteiger partial charge in [0.1, 0.15) is 6.04 Å². The van der Waals surface area contributed by atoms with Gasteiger partial charge in [-0.3, -0.25) is 24.1 Å². The van der Waals surface area contributed by atoms with Crippen LogP contribution < -0.4 is 10.6 Å². The number of fused-ring (bicyclic) bond motifs is 1.